The SMILES string of the molecule is CCc1ccc(OC(C)C(=O)N2CC(C)OC(C)C2)cc1. The smallest absolute Gasteiger partial charge is 0.263 e. The van der Waals surface area contributed by atoms with Gasteiger partial charge in [-0.1, -0.05) is 19.1 Å². The van der Waals surface area contributed by atoms with Crippen LogP contribution in [-0.4, -0.2) is 42.2 Å². The number of aryl methyl sites for hydroxylation is 1. The van der Waals surface area contributed by atoms with E-state index in [1.165, 1.54) is 5.56 Å². The summed E-state index contributed by atoms with van der Waals surface area (Å²) in [5, 5.41) is 0. The molecule has 1 aliphatic rings. The van der Waals surface area contributed by atoms with E-state index in [1.807, 2.05) is 43.0 Å². The van der Waals surface area contributed by atoms with Crippen LogP contribution in [0.25, 0.3) is 0 Å². The number of amides is 1. The van der Waals surface area contributed by atoms with Crippen LogP contribution in [-0.2, 0) is 16.0 Å². The molecule has 1 aromatic carbocycles. The fourth-order valence-electron chi connectivity index (χ4n) is 2.67. The Morgan fingerprint density at radius 1 is 1.29 bits per heavy atom. The van der Waals surface area contributed by atoms with Crippen molar-refractivity contribution in [3.8, 4) is 5.75 Å². The molecule has 0 aliphatic carbocycles. The number of nitrogens with zero attached hydrogens (tertiary/aromatic N) is 1. The number of carbonyl (C=O) groups is 1. The molecule has 3 atom stereocenters. The molecule has 1 heterocycles. The summed E-state index contributed by atoms with van der Waals surface area (Å²) in [6.07, 6.45) is 0.677. The van der Waals surface area contributed by atoms with Crippen molar-refractivity contribution >= 4 is 5.91 Å². The maximum atomic E-state index is 12.5. The Morgan fingerprint density at radius 2 is 1.86 bits per heavy atom. The molecule has 4 heteroatoms. The lowest BCUT2D eigenvalue weighted by Gasteiger charge is -2.36. The molecule has 21 heavy (non-hydrogen) atoms. The zero-order valence-electron chi connectivity index (χ0n) is 13.3. The number of rotatable bonds is 4. The van der Waals surface area contributed by atoms with E-state index >= 15 is 0 Å². The average Bonchev–Trinajstić information content (AvgIpc) is 2.46. The minimum atomic E-state index is -0.477. The Hall–Kier alpha value is -1.55. The first kappa shape index (κ1) is 15.8. The van der Waals surface area contributed by atoms with Crippen LogP contribution in [0, 0.1) is 0 Å². The highest BCUT2D eigenvalue weighted by Crippen LogP contribution is 2.17. The monoisotopic (exact) mass is 291 g/mol. The topological polar surface area (TPSA) is 38.8 Å². The van der Waals surface area contributed by atoms with Crippen molar-refractivity contribution < 1.29 is 14.3 Å². The van der Waals surface area contributed by atoms with E-state index in [9.17, 15) is 4.79 Å². The minimum absolute atomic E-state index is 0.0246. The van der Waals surface area contributed by atoms with Gasteiger partial charge in [0, 0.05) is 13.1 Å². The summed E-state index contributed by atoms with van der Waals surface area (Å²) < 4.78 is 11.4. The molecule has 2 rings (SSSR count). The Morgan fingerprint density at radius 3 is 2.38 bits per heavy atom. The lowest BCUT2D eigenvalue weighted by atomic mass is 10.2. The van der Waals surface area contributed by atoms with Gasteiger partial charge in [0.05, 0.1) is 12.2 Å². The molecule has 4 nitrogen and oxygen atoms in total. The van der Waals surface area contributed by atoms with E-state index < -0.39 is 6.10 Å². The molecule has 0 radical (unpaired) electrons. The third-order valence-electron chi connectivity index (χ3n) is 3.72. The van der Waals surface area contributed by atoms with Crippen molar-refractivity contribution in [3.63, 3.8) is 0 Å². The van der Waals surface area contributed by atoms with E-state index in [2.05, 4.69) is 6.92 Å². The number of ether oxygens (including phenoxy) is 2. The molecule has 1 aromatic rings. The summed E-state index contributed by atoms with van der Waals surface area (Å²) >= 11 is 0. The van der Waals surface area contributed by atoms with Crippen molar-refractivity contribution in [1.29, 1.82) is 0 Å². The largest absolute Gasteiger partial charge is 0.481 e. The van der Waals surface area contributed by atoms with Gasteiger partial charge in [0.15, 0.2) is 6.10 Å². The highest BCUT2D eigenvalue weighted by atomic mass is 16.5. The van der Waals surface area contributed by atoms with E-state index in [-0.39, 0.29) is 18.1 Å². The molecular formula is C17H25NO3. The molecule has 116 valence electrons. The standard InChI is InChI=1S/C17H25NO3/c1-5-15-6-8-16(9-7-15)21-14(4)17(19)18-10-12(2)20-13(3)11-18/h6-9,12-14H,5,10-11H2,1-4H3. The van der Waals surface area contributed by atoms with Gasteiger partial charge in [-0.15, -0.1) is 0 Å². The Balaban J connectivity index is 1.95. The first-order valence-electron chi connectivity index (χ1n) is 7.69. The van der Waals surface area contributed by atoms with Crippen LogP contribution in [0.4, 0.5) is 0 Å². The van der Waals surface area contributed by atoms with Crippen molar-refractivity contribution in [1.82, 2.24) is 4.90 Å². The van der Waals surface area contributed by atoms with Crippen LogP contribution in [0.2, 0.25) is 0 Å². The molecule has 1 amide bonds. The molecule has 1 aliphatic heterocycles. The first-order valence-corrected chi connectivity index (χ1v) is 7.69. The molecule has 1 saturated heterocycles. The summed E-state index contributed by atoms with van der Waals surface area (Å²) in [7, 11) is 0. The van der Waals surface area contributed by atoms with E-state index in [1.54, 1.807) is 6.92 Å². The second kappa shape index (κ2) is 6.94. The van der Waals surface area contributed by atoms with Gasteiger partial charge in [0.2, 0.25) is 0 Å². The van der Waals surface area contributed by atoms with Crippen LogP contribution in [0.5, 0.6) is 5.75 Å². The van der Waals surface area contributed by atoms with Crippen LogP contribution in [0.15, 0.2) is 24.3 Å². The number of benzene rings is 1. The second-order valence-corrected chi connectivity index (χ2v) is 5.76. The van der Waals surface area contributed by atoms with Gasteiger partial charge in [0.1, 0.15) is 5.75 Å². The van der Waals surface area contributed by atoms with Gasteiger partial charge < -0.3 is 14.4 Å². The Bertz CT molecular complexity index is 461. The summed E-state index contributed by atoms with van der Waals surface area (Å²) in [6, 6.07) is 7.91. The summed E-state index contributed by atoms with van der Waals surface area (Å²) in [5.41, 5.74) is 1.26. The summed E-state index contributed by atoms with van der Waals surface area (Å²) in [5.74, 6) is 0.763. The van der Waals surface area contributed by atoms with Gasteiger partial charge in [-0.05, 0) is 44.9 Å². The van der Waals surface area contributed by atoms with Crippen LogP contribution in [0.1, 0.15) is 33.3 Å². The third-order valence-corrected chi connectivity index (χ3v) is 3.72. The van der Waals surface area contributed by atoms with Gasteiger partial charge in [-0.3, -0.25) is 4.79 Å². The molecule has 0 aromatic heterocycles. The van der Waals surface area contributed by atoms with Crippen molar-refractivity contribution in [2.24, 2.45) is 0 Å². The maximum Gasteiger partial charge on any atom is 0.263 e. The maximum absolute atomic E-state index is 12.5. The molecule has 1 fully saturated rings. The van der Waals surface area contributed by atoms with Crippen LogP contribution >= 0.6 is 0 Å². The third kappa shape index (κ3) is 4.21. The number of hydrogen-bond donors (Lipinski definition) is 0. The van der Waals surface area contributed by atoms with Gasteiger partial charge in [-0.25, -0.2) is 0 Å². The van der Waals surface area contributed by atoms with Crippen LogP contribution < -0.4 is 4.74 Å². The van der Waals surface area contributed by atoms with Crippen molar-refractivity contribution in [3.05, 3.63) is 29.8 Å². The number of carbonyl (C=O) groups excluding carboxylic acids is 1. The van der Waals surface area contributed by atoms with Gasteiger partial charge in [0.25, 0.3) is 5.91 Å². The lowest BCUT2D eigenvalue weighted by molar-refractivity contribution is -0.149. The normalized spacial score (nSPS) is 23.7. The number of morpholine rings is 1. The van der Waals surface area contributed by atoms with Crippen molar-refractivity contribution in [2.75, 3.05) is 13.1 Å². The van der Waals surface area contributed by atoms with Gasteiger partial charge in [-0.2, -0.15) is 0 Å². The fourth-order valence-corrected chi connectivity index (χ4v) is 2.67. The quantitative estimate of drug-likeness (QED) is 0.856. The molecule has 3 unspecified atom stereocenters. The van der Waals surface area contributed by atoms with E-state index in [0.29, 0.717) is 13.1 Å². The molecule has 0 N–H and O–H groups in total. The highest BCUT2D eigenvalue weighted by molar-refractivity contribution is 5.81. The van der Waals surface area contributed by atoms with E-state index in [0.717, 1.165) is 12.2 Å². The molecule has 0 bridgehead atoms. The zero-order valence-corrected chi connectivity index (χ0v) is 13.3. The molecule has 0 saturated carbocycles. The summed E-state index contributed by atoms with van der Waals surface area (Å²) in [6.45, 7) is 9.16. The van der Waals surface area contributed by atoms with Crippen molar-refractivity contribution in [2.45, 2.75) is 52.4 Å². The second-order valence-electron chi connectivity index (χ2n) is 5.76. The zero-order chi connectivity index (χ0) is 15.4. The minimum Gasteiger partial charge on any atom is -0.481 e. The van der Waals surface area contributed by atoms with Crippen LogP contribution in [0.3, 0.4) is 0 Å². The highest BCUT2D eigenvalue weighted by Gasteiger charge is 2.29. The predicted molar refractivity (Wildman–Crippen MR) is 82.5 cm³/mol. The molecule has 0 spiro atoms. The number of hydrogen-bond acceptors (Lipinski definition) is 3. The molecular weight excluding hydrogens is 266 g/mol. The lowest BCUT2D eigenvalue weighted by Crippen LogP contribution is -2.51. The van der Waals surface area contributed by atoms with E-state index in [4.69, 9.17) is 9.47 Å². The fraction of sp³-hybridized carbons (Fsp3) is 0.588. The average molecular weight is 291 g/mol. The van der Waals surface area contributed by atoms with Gasteiger partial charge >= 0.3 is 0 Å². The summed E-state index contributed by atoms with van der Waals surface area (Å²) in [4.78, 5) is 14.3. The predicted octanol–water partition coefficient (Wildman–Crippen LogP) is 2.65. The Labute approximate surface area is 127 Å². The first-order chi connectivity index (χ1) is 9.99. The Kier molecular flexibility index (Phi) is 5.23.